The van der Waals surface area contributed by atoms with Gasteiger partial charge in [0, 0.05) is 7.11 Å². The number of carboxylic acid groups (broad SMARTS) is 1. The Morgan fingerprint density at radius 2 is 2.25 bits per heavy atom. The molecule has 0 unspecified atom stereocenters. The van der Waals surface area contributed by atoms with Crippen molar-refractivity contribution < 1.29 is 17.5 Å². The number of methoxy groups -OCH3 is 1. The van der Waals surface area contributed by atoms with Crippen molar-refractivity contribution in [1.82, 2.24) is 0 Å². The van der Waals surface area contributed by atoms with Gasteiger partial charge in [0.2, 0.25) is 0 Å². The Balaban J connectivity index is -0.0000000208. The third-order valence-electron chi connectivity index (χ3n) is 0.268. The van der Waals surface area contributed by atoms with Crippen LogP contribution in [0, 0.1) is 0 Å². The third kappa shape index (κ3) is 15.9. The van der Waals surface area contributed by atoms with Crippen molar-refractivity contribution in [3.05, 3.63) is 0 Å². The van der Waals surface area contributed by atoms with Gasteiger partial charge < -0.3 is 12.7 Å². The average molecular weight is 146 g/mol. The fourth-order valence-electron chi connectivity index (χ4n) is 0.123. The van der Waals surface area contributed by atoms with Gasteiger partial charge >= 0.3 is 29.0 Å². The summed E-state index contributed by atoms with van der Waals surface area (Å²) in [6.45, 7) is -0.208. The summed E-state index contributed by atoms with van der Waals surface area (Å²) in [4.78, 5) is 9.47. The molecule has 3 nitrogen and oxygen atoms in total. The second-order valence-corrected chi connectivity index (χ2v) is 0.827. The first-order chi connectivity index (χ1) is 2.77. The van der Waals surface area contributed by atoms with Crippen molar-refractivity contribution >= 4 is 46.4 Å². The number of carbonyl (C=O) groups is 1. The summed E-state index contributed by atoms with van der Waals surface area (Å²) in [7, 11) is 1.34. The SMILES string of the molecule is COCC(=O)O.[AlH3].[H-].[H-].[Mg+2]. The van der Waals surface area contributed by atoms with Gasteiger partial charge in [-0.2, -0.15) is 0 Å². The van der Waals surface area contributed by atoms with E-state index >= 15 is 0 Å². The van der Waals surface area contributed by atoms with E-state index in [9.17, 15) is 4.79 Å². The minimum absolute atomic E-state index is 0. The first-order valence-electron chi connectivity index (χ1n) is 1.48. The quantitative estimate of drug-likeness (QED) is 0.476. The van der Waals surface area contributed by atoms with E-state index < -0.39 is 5.97 Å². The molecule has 0 heterocycles. The Kier molecular flexibility index (Phi) is 21.2. The summed E-state index contributed by atoms with van der Waals surface area (Å²) >= 11 is 0. The van der Waals surface area contributed by atoms with Gasteiger partial charge in [-0.15, -0.1) is 0 Å². The number of hydrogen-bond acceptors (Lipinski definition) is 2. The molecule has 0 amide bonds. The molecule has 8 heavy (non-hydrogen) atoms. The van der Waals surface area contributed by atoms with Gasteiger partial charge in [-0.1, -0.05) is 0 Å². The molecule has 0 aromatic heterocycles. The summed E-state index contributed by atoms with van der Waals surface area (Å²) in [6, 6.07) is 0. The molecule has 0 aliphatic rings. The fourth-order valence-corrected chi connectivity index (χ4v) is 0.123. The molecule has 46 valence electrons. The Labute approximate surface area is 77.7 Å². The van der Waals surface area contributed by atoms with Crippen LogP contribution in [-0.4, -0.2) is 65.2 Å². The molecule has 0 saturated heterocycles. The number of carboxylic acids is 1. The van der Waals surface area contributed by atoms with Crippen LogP contribution in [0.3, 0.4) is 0 Å². The molecule has 0 saturated carbocycles. The molecular formula is C3H11AlMgO3. The minimum atomic E-state index is -0.933. The predicted octanol–water partition coefficient (Wildman–Crippen LogP) is -1.62. The fraction of sp³-hybridized carbons (Fsp3) is 0.667. The number of rotatable bonds is 2. The molecule has 0 aromatic carbocycles. The van der Waals surface area contributed by atoms with Crippen LogP contribution in [0.25, 0.3) is 0 Å². The molecule has 1 N–H and O–H groups in total. The molecular weight excluding hydrogens is 135 g/mol. The maximum atomic E-state index is 9.47. The van der Waals surface area contributed by atoms with Crippen LogP contribution >= 0.6 is 0 Å². The summed E-state index contributed by atoms with van der Waals surface area (Å²) in [5.41, 5.74) is 0. The Bertz CT molecular complexity index is 65.7. The van der Waals surface area contributed by atoms with Crippen LogP contribution in [0.15, 0.2) is 0 Å². The number of hydrogen-bond donors (Lipinski definition) is 1. The zero-order chi connectivity index (χ0) is 4.99. The van der Waals surface area contributed by atoms with E-state index in [-0.39, 0.29) is 49.9 Å². The molecule has 0 aromatic rings. The molecule has 0 spiro atoms. The van der Waals surface area contributed by atoms with Gasteiger partial charge in [0.25, 0.3) is 0 Å². The maximum absolute atomic E-state index is 9.47. The summed E-state index contributed by atoms with van der Waals surface area (Å²) in [5.74, 6) is -0.933. The average Bonchev–Trinajstić information content (AvgIpc) is 1.35. The Morgan fingerprint density at radius 3 is 2.25 bits per heavy atom. The molecule has 0 bridgehead atoms. The van der Waals surface area contributed by atoms with E-state index in [0.29, 0.717) is 0 Å². The van der Waals surface area contributed by atoms with E-state index in [2.05, 4.69) is 4.74 Å². The largest absolute Gasteiger partial charge is 2.00 e. The van der Waals surface area contributed by atoms with Gasteiger partial charge in [-0.3, -0.25) is 0 Å². The van der Waals surface area contributed by atoms with E-state index in [0.717, 1.165) is 0 Å². The van der Waals surface area contributed by atoms with Crippen LogP contribution in [0.4, 0.5) is 0 Å². The van der Waals surface area contributed by atoms with Crippen LogP contribution < -0.4 is 0 Å². The van der Waals surface area contributed by atoms with Crippen molar-refractivity contribution in [2.75, 3.05) is 13.7 Å². The summed E-state index contributed by atoms with van der Waals surface area (Å²) in [6.07, 6.45) is 0. The number of ether oxygens (including phenoxy) is 1. The van der Waals surface area contributed by atoms with Gasteiger partial charge in [0.05, 0.1) is 0 Å². The second kappa shape index (κ2) is 10.7. The van der Waals surface area contributed by atoms with Crippen LogP contribution in [0.5, 0.6) is 0 Å². The molecule has 0 atom stereocenters. The molecule has 0 radical (unpaired) electrons. The van der Waals surface area contributed by atoms with E-state index in [1.54, 1.807) is 0 Å². The van der Waals surface area contributed by atoms with Gasteiger partial charge in [0.15, 0.2) is 17.4 Å². The van der Waals surface area contributed by atoms with Crippen LogP contribution in [0.2, 0.25) is 0 Å². The maximum Gasteiger partial charge on any atom is 2.00 e. The first-order valence-corrected chi connectivity index (χ1v) is 1.48. The molecule has 0 fully saturated rings. The second-order valence-electron chi connectivity index (χ2n) is 0.827. The topological polar surface area (TPSA) is 46.5 Å². The van der Waals surface area contributed by atoms with Gasteiger partial charge in [0.1, 0.15) is 6.61 Å². The summed E-state index contributed by atoms with van der Waals surface area (Å²) in [5, 5.41) is 7.79. The smallest absolute Gasteiger partial charge is 1.00 e. The standard InChI is InChI=1S/C3H6O3.Al.Mg.5H/c1-6-2-3(4)5;;;;;;;/h2H2,1H3,(H,4,5);;;;;;;/q;;+2;;;;2*-1. The molecule has 0 aliphatic heterocycles. The minimum Gasteiger partial charge on any atom is -1.00 e. The molecule has 0 aliphatic carbocycles. The van der Waals surface area contributed by atoms with E-state index in [1.165, 1.54) is 7.11 Å². The van der Waals surface area contributed by atoms with Crippen molar-refractivity contribution in [2.45, 2.75) is 0 Å². The van der Waals surface area contributed by atoms with Crippen LogP contribution in [-0.2, 0) is 9.53 Å². The number of aliphatic carboxylic acids is 1. The van der Waals surface area contributed by atoms with Gasteiger partial charge in [-0.25, -0.2) is 4.79 Å². The first kappa shape index (κ1) is 15.9. The van der Waals surface area contributed by atoms with Gasteiger partial charge in [-0.05, 0) is 0 Å². The van der Waals surface area contributed by atoms with Crippen molar-refractivity contribution in [1.29, 1.82) is 0 Å². The summed E-state index contributed by atoms with van der Waals surface area (Å²) < 4.78 is 4.20. The molecule has 0 rings (SSSR count). The Morgan fingerprint density at radius 1 is 1.88 bits per heavy atom. The van der Waals surface area contributed by atoms with Crippen LogP contribution in [0.1, 0.15) is 2.85 Å². The molecule has 5 heteroatoms. The van der Waals surface area contributed by atoms with E-state index in [4.69, 9.17) is 5.11 Å². The predicted molar refractivity (Wildman–Crippen MR) is 37.4 cm³/mol. The van der Waals surface area contributed by atoms with E-state index in [1.807, 2.05) is 0 Å². The zero-order valence-electron chi connectivity index (χ0n) is 6.18. The third-order valence-corrected chi connectivity index (χ3v) is 0.268. The van der Waals surface area contributed by atoms with Crippen molar-refractivity contribution in [2.24, 2.45) is 0 Å². The normalized spacial score (nSPS) is 6.12. The zero-order valence-corrected chi connectivity index (χ0v) is 5.59. The van der Waals surface area contributed by atoms with Crippen molar-refractivity contribution in [3.63, 3.8) is 0 Å². The monoisotopic (exact) mass is 146 g/mol. The Hall–Kier alpha value is 0.729. The van der Waals surface area contributed by atoms with Crippen molar-refractivity contribution in [3.8, 4) is 0 Å².